The van der Waals surface area contributed by atoms with Crippen molar-refractivity contribution in [2.24, 2.45) is 0 Å². The summed E-state index contributed by atoms with van der Waals surface area (Å²) in [5, 5.41) is 9.75. The standard InChI is InChI=1S/C12H14ClNO2/c13-10-5-3-9(4-6-10)8-14-7-1-2-11(14)12(15)16/h3-6,11H,1-2,7-8H2,(H,15,16). The maximum absolute atomic E-state index is 11.0. The monoisotopic (exact) mass is 239 g/mol. The van der Waals surface area contributed by atoms with Crippen LogP contribution in [0.5, 0.6) is 0 Å². The fraction of sp³-hybridized carbons (Fsp3) is 0.417. The first-order chi connectivity index (χ1) is 7.66. The van der Waals surface area contributed by atoms with Gasteiger partial charge in [-0.15, -0.1) is 0 Å². The molecule has 0 spiro atoms. The van der Waals surface area contributed by atoms with Crippen LogP contribution < -0.4 is 0 Å². The number of benzene rings is 1. The zero-order valence-electron chi connectivity index (χ0n) is 8.90. The van der Waals surface area contributed by atoms with Gasteiger partial charge in [0, 0.05) is 11.6 Å². The number of carbonyl (C=O) groups is 1. The van der Waals surface area contributed by atoms with Gasteiger partial charge in [-0.2, -0.15) is 0 Å². The molecule has 2 rings (SSSR count). The first kappa shape index (κ1) is 11.4. The Morgan fingerprint density at radius 1 is 1.44 bits per heavy atom. The molecule has 16 heavy (non-hydrogen) atoms. The summed E-state index contributed by atoms with van der Waals surface area (Å²) in [6.45, 7) is 1.55. The predicted molar refractivity (Wildman–Crippen MR) is 62.5 cm³/mol. The van der Waals surface area contributed by atoms with Gasteiger partial charge >= 0.3 is 5.97 Å². The van der Waals surface area contributed by atoms with Gasteiger partial charge in [-0.05, 0) is 37.1 Å². The van der Waals surface area contributed by atoms with Crippen LogP contribution in [0.1, 0.15) is 18.4 Å². The van der Waals surface area contributed by atoms with E-state index in [2.05, 4.69) is 0 Å². The molecule has 1 aromatic rings. The molecular formula is C12H14ClNO2. The Morgan fingerprint density at radius 3 is 2.75 bits per heavy atom. The van der Waals surface area contributed by atoms with Crippen LogP contribution in [0.3, 0.4) is 0 Å². The number of hydrogen-bond acceptors (Lipinski definition) is 2. The van der Waals surface area contributed by atoms with E-state index >= 15 is 0 Å². The number of rotatable bonds is 3. The van der Waals surface area contributed by atoms with Crippen molar-refractivity contribution in [1.82, 2.24) is 4.90 Å². The summed E-state index contributed by atoms with van der Waals surface area (Å²) >= 11 is 5.80. The van der Waals surface area contributed by atoms with Crippen molar-refractivity contribution >= 4 is 17.6 Å². The molecule has 1 atom stereocenters. The summed E-state index contributed by atoms with van der Waals surface area (Å²) in [6.07, 6.45) is 1.72. The molecule has 1 saturated heterocycles. The Bertz CT molecular complexity index is 377. The number of likely N-dealkylation sites (tertiary alicyclic amines) is 1. The van der Waals surface area contributed by atoms with Crippen molar-refractivity contribution in [1.29, 1.82) is 0 Å². The molecule has 3 nitrogen and oxygen atoms in total. The smallest absolute Gasteiger partial charge is 0.320 e. The van der Waals surface area contributed by atoms with E-state index in [1.807, 2.05) is 29.2 Å². The van der Waals surface area contributed by atoms with Crippen LogP contribution in [0.15, 0.2) is 24.3 Å². The molecule has 1 fully saturated rings. The van der Waals surface area contributed by atoms with E-state index in [0.717, 1.165) is 24.9 Å². The molecule has 86 valence electrons. The van der Waals surface area contributed by atoms with Crippen molar-refractivity contribution < 1.29 is 9.90 Å². The predicted octanol–water partition coefficient (Wildman–Crippen LogP) is 2.39. The highest BCUT2D eigenvalue weighted by Crippen LogP contribution is 2.20. The van der Waals surface area contributed by atoms with E-state index in [1.54, 1.807) is 0 Å². The molecule has 1 aliphatic rings. The van der Waals surface area contributed by atoms with Gasteiger partial charge in [-0.25, -0.2) is 0 Å². The lowest BCUT2D eigenvalue weighted by molar-refractivity contribution is -0.142. The van der Waals surface area contributed by atoms with Gasteiger partial charge < -0.3 is 5.11 Å². The average Bonchev–Trinajstić information content (AvgIpc) is 2.69. The molecule has 1 unspecified atom stereocenters. The molecule has 1 aromatic carbocycles. The highest BCUT2D eigenvalue weighted by Gasteiger charge is 2.29. The van der Waals surface area contributed by atoms with Crippen LogP contribution in [-0.4, -0.2) is 28.6 Å². The van der Waals surface area contributed by atoms with Crippen molar-refractivity contribution in [2.45, 2.75) is 25.4 Å². The highest BCUT2D eigenvalue weighted by molar-refractivity contribution is 6.30. The second kappa shape index (κ2) is 4.85. The van der Waals surface area contributed by atoms with Gasteiger partial charge in [-0.3, -0.25) is 9.69 Å². The minimum Gasteiger partial charge on any atom is -0.480 e. The summed E-state index contributed by atoms with van der Waals surface area (Å²) in [4.78, 5) is 13.0. The van der Waals surface area contributed by atoms with Gasteiger partial charge in [0.2, 0.25) is 0 Å². The number of aliphatic carboxylic acids is 1. The number of halogens is 1. The Labute approximate surface area is 99.6 Å². The van der Waals surface area contributed by atoms with Crippen LogP contribution in [0, 0.1) is 0 Å². The molecule has 0 amide bonds. The first-order valence-electron chi connectivity index (χ1n) is 5.38. The highest BCUT2D eigenvalue weighted by atomic mass is 35.5. The van der Waals surface area contributed by atoms with Gasteiger partial charge in [0.05, 0.1) is 0 Å². The van der Waals surface area contributed by atoms with E-state index in [0.29, 0.717) is 11.6 Å². The Morgan fingerprint density at radius 2 is 2.12 bits per heavy atom. The molecule has 1 N–H and O–H groups in total. The molecule has 1 aliphatic heterocycles. The zero-order chi connectivity index (χ0) is 11.5. The number of carboxylic acid groups (broad SMARTS) is 1. The fourth-order valence-electron chi connectivity index (χ4n) is 2.12. The largest absolute Gasteiger partial charge is 0.480 e. The first-order valence-corrected chi connectivity index (χ1v) is 5.76. The summed E-state index contributed by atoms with van der Waals surface area (Å²) < 4.78 is 0. The quantitative estimate of drug-likeness (QED) is 0.881. The van der Waals surface area contributed by atoms with Crippen molar-refractivity contribution in [3.8, 4) is 0 Å². The van der Waals surface area contributed by atoms with E-state index in [1.165, 1.54) is 0 Å². The van der Waals surface area contributed by atoms with Crippen molar-refractivity contribution in [3.05, 3.63) is 34.9 Å². The average molecular weight is 240 g/mol. The van der Waals surface area contributed by atoms with Crippen LogP contribution in [0.2, 0.25) is 5.02 Å². The third kappa shape index (κ3) is 2.54. The third-order valence-corrected chi connectivity index (χ3v) is 3.20. The third-order valence-electron chi connectivity index (χ3n) is 2.95. The van der Waals surface area contributed by atoms with E-state index < -0.39 is 5.97 Å². The summed E-state index contributed by atoms with van der Waals surface area (Å²) in [6, 6.07) is 7.24. The summed E-state index contributed by atoms with van der Waals surface area (Å²) in [5.74, 6) is -0.716. The molecule has 0 aromatic heterocycles. The molecule has 4 heteroatoms. The number of carboxylic acids is 1. The maximum atomic E-state index is 11.0. The molecular weight excluding hydrogens is 226 g/mol. The maximum Gasteiger partial charge on any atom is 0.320 e. The second-order valence-electron chi connectivity index (χ2n) is 4.09. The summed E-state index contributed by atoms with van der Waals surface area (Å²) in [7, 11) is 0. The van der Waals surface area contributed by atoms with Crippen LogP contribution >= 0.6 is 11.6 Å². The van der Waals surface area contributed by atoms with Crippen LogP contribution in [0.25, 0.3) is 0 Å². The molecule has 0 radical (unpaired) electrons. The molecule has 1 heterocycles. The van der Waals surface area contributed by atoms with Crippen molar-refractivity contribution in [3.63, 3.8) is 0 Å². The number of nitrogens with zero attached hydrogens (tertiary/aromatic N) is 1. The summed E-state index contributed by atoms with van der Waals surface area (Å²) in [5.41, 5.74) is 1.11. The Balaban J connectivity index is 2.03. The van der Waals surface area contributed by atoms with Crippen LogP contribution in [0.4, 0.5) is 0 Å². The second-order valence-corrected chi connectivity index (χ2v) is 4.53. The van der Waals surface area contributed by atoms with Gasteiger partial charge in [0.25, 0.3) is 0 Å². The Kier molecular flexibility index (Phi) is 3.46. The minimum atomic E-state index is -0.716. The Hall–Kier alpha value is -1.06. The van der Waals surface area contributed by atoms with Crippen LogP contribution in [-0.2, 0) is 11.3 Å². The minimum absolute atomic E-state index is 0.323. The lowest BCUT2D eigenvalue weighted by Crippen LogP contribution is -2.35. The van der Waals surface area contributed by atoms with E-state index in [-0.39, 0.29) is 6.04 Å². The normalized spacial score (nSPS) is 21.2. The van der Waals surface area contributed by atoms with E-state index in [9.17, 15) is 4.79 Å². The van der Waals surface area contributed by atoms with Gasteiger partial charge in [0.15, 0.2) is 0 Å². The van der Waals surface area contributed by atoms with Gasteiger partial charge in [-0.1, -0.05) is 23.7 Å². The molecule has 0 aliphatic carbocycles. The van der Waals surface area contributed by atoms with Crippen molar-refractivity contribution in [2.75, 3.05) is 6.54 Å². The molecule has 0 bridgehead atoms. The zero-order valence-corrected chi connectivity index (χ0v) is 9.65. The van der Waals surface area contributed by atoms with E-state index in [4.69, 9.17) is 16.7 Å². The lowest BCUT2D eigenvalue weighted by atomic mass is 10.2. The fourth-order valence-corrected chi connectivity index (χ4v) is 2.25. The lowest BCUT2D eigenvalue weighted by Gasteiger charge is -2.20. The SMILES string of the molecule is O=C(O)C1CCCN1Cc1ccc(Cl)cc1. The topological polar surface area (TPSA) is 40.5 Å². The molecule has 0 saturated carbocycles. The number of hydrogen-bond donors (Lipinski definition) is 1. The van der Waals surface area contributed by atoms with Gasteiger partial charge in [0.1, 0.15) is 6.04 Å².